The van der Waals surface area contributed by atoms with Gasteiger partial charge in [0.25, 0.3) is 0 Å². The fourth-order valence-electron chi connectivity index (χ4n) is 1.25. The first-order valence-corrected chi connectivity index (χ1v) is 6.57. The predicted molar refractivity (Wildman–Crippen MR) is 76.3 cm³/mol. The molecule has 0 aliphatic rings. The van der Waals surface area contributed by atoms with Gasteiger partial charge >= 0.3 is 11.9 Å². The van der Waals surface area contributed by atoms with Crippen LogP contribution in [0.5, 0.6) is 5.75 Å². The van der Waals surface area contributed by atoms with Crippen molar-refractivity contribution in [2.24, 2.45) is 0 Å². The van der Waals surface area contributed by atoms with Crippen LogP contribution in [0.2, 0.25) is 0 Å². The summed E-state index contributed by atoms with van der Waals surface area (Å²) < 4.78 is 18.4. The van der Waals surface area contributed by atoms with E-state index in [1.165, 1.54) is 6.07 Å². The molecule has 1 aromatic rings. The van der Waals surface area contributed by atoms with Crippen molar-refractivity contribution in [3.63, 3.8) is 0 Å². The average Bonchev–Trinajstić information content (AvgIpc) is 2.44. The van der Waals surface area contributed by atoms with Gasteiger partial charge in [0.1, 0.15) is 0 Å². The number of para-hydroxylation sites is 1. The summed E-state index contributed by atoms with van der Waals surface area (Å²) in [4.78, 5) is 18.2. The molecular formula is C14H20FNO6. The maximum atomic E-state index is 13.1. The lowest BCUT2D eigenvalue weighted by Gasteiger charge is -2.08. The lowest BCUT2D eigenvalue weighted by atomic mass is 10.3. The molecule has 4 N–H and O–H groups in total. The highest BCUT2D eigenvalue weighted by molar-refractivity contribution is 6.27. The number of carboxylic acid groups (broad SMARTS) is 2. The number of benzene rings is 1. The summed E-state index contributed by atoms with van der Waals surface area (Å²) in [7, 11) is 0. The third-order valence-corrected chi connectivity index (χ3v) is 2.21. The molecule has 0 saturated heterocycles. The predicted octanol–water partition coefficient (Wildman–Crippen LogP) is 0.721. The van der Waals surface area contributed by atoms with Crippen molar-refractivity contribution < 1.29 is 34.0 Å². The van der Waals surface area contributed by atoms with Crippen LogP contribution >= 0.6 is 0 Å². The molecule has 8 heteroatoms. The molecule has 0 saturated carbocycles. The number of hydrogen-bond acceptors (Lipinski definition) is 5. The van der Waals surface area contributed by atoms with Crippen molar-refractivity contribution >= 4 is 11.9 Å². The molecule has 0 aromatic heterocycles. The first-order chi connectivity index (χ1) is 10.3. The number of ether oxygens (including phenoxy) is 1. The topological polar surface area (TPSA) is 116 Å². The second kappa shape index (κ2) is 11.5. The van der Waals surface area contributed by atoms with Crippen LogP contribution in [0.4, 0.5) is 4.39 Å². The third-order valence-electron chi connectivity index (χ3n) is 2.21. The van der Waals surface area contributed by atoms with E-state index >= 15 is 0 Å². The van der Waals surface area contributed by atoms with Crippen LogP contribution in [0, 0.1) is 5.82 Å². The van der Waals surface area contributed by atoms with Gasteiger partial charge in [0.2, 0.25) is 0 Å². The normalized spacial score (nSPS) is 11.0. The van der Waals surface area contributed by atoms with Crippen LogP contribution in [0.1, 0.15) is 13.3 Å². The number of aliphatic hydroxyl groups excluding tert-OH is 1. The molecule has 0 heterocycles. The Kier molecular flexibility index (Phi) is 10.3. The molecule has 1 unspecified atom stereocenters. The first kappa shape index (κ1) is 19.8. The number of nitrogens with one attached hydrogen (secondary N) is 1. The first-order valence-electron chi connectivity index (χ1n) is 6.57. The van der Waals surface area contributed by atoms with Crippen LogP contribution < -0.4 is 10.1 Å². The molecule has 0 fully saturated rings. The zero-order chi connectivity index (χ0) is 17.0. The Labute approximate surface area is 127 Å². The van der Waals surface area contributed by atoms with Crippen LogP contribution in [0.25, 0.3) is 0 Å². The maximum absolute atomic E-state index is 13.1. The van der Waals surface area contributed by atoms with Gasteiger partial charge in [-0.15, -0.1) is 0 Å². The van der Waals surface area contributed by atoms with E-state index in [9.17, 15) is 4.39 Å². The van der Waals surface area contributed by atoms with E-state index in [1.807, 2.05) is 0 Å². The number of rotatable bonds is 7. The second-order valence-electron chi connectivity index (χ2n) is 4.30. The molecule has 1 atom stereocenters. The van der Waals surface area contributed by atoms with Crippen molar-refractivity contribution in [2.45, 2.75) is 19.4 Å². The highest BCUT2D eigenvalue weighted by Crippen LogP contribution is 2.15. The summed E-state index contributed by atoms with van der Waals surface area (Å²) in [5.74, 6) is -3.69. The Balaban J connectivity index is 0.000000626. The molecule has 0 amide bonds. The average molecular weight is 317 g/mol. The lowest BCUT2D eigenvalue weighted by Crippen LogP contribution is -2.26. The van der Waals surface area contributed by atoms with Crippen LogP contribution in [-0.4, -0.2) is 53.1 Å². The zero-order valence-electron chi connectivity index (χ0n) is 12.2. The van der Waals surface area contributed by atoms with Crippen molar-refractivity contribution in [2.75, 3.05) is 19.7 Å². The molecule has 0 bridgehead atoms. The Hall–Kier alpha value is -2.19. The minimum Gasteiger partial charge on any atom is -0.490 e. The Bertz CT molecular complexity index is 454. The molecule has 0 aliphatic carbocycles. The number of hydrogen-bond donors (Lipinski definition) is 4. The molecule has 7 nitrogen and oxygen atoms in total. The van der Waals surface area contributed by atoms with Gasteiger partial charge in [-0.3, -0.25) is 0 Å². The monoisotopic (exact) mass is 317 g/mol. The zero-order valence-corrected chi connectivity index (χ0v) is 12.2. The SMILES string of the molecule is CC(O)CNCCCOc1ccccc1F.O=C(O)C(=O)O. The molecule has 1 aromatic carbocycles. The summed E-state index contributed by atoms with van der Waals surface area (Å²) in [5.41, 5.74) is 0. The van der Waals surface area contributed by atoms with Gasteiger partial charge in [-0.2, -0.15) is 0 Å². The minimum absolute atomic E-state index is 0.290. The van der Waals surface area contributed by atoms with Gasteiger partial charge in [0, 0.05) is 6.54 Å². The largest absolute Gasteiger partial charge is 0.490 e. The molecule has 1 rings (SSSR count). The van der Waals surface area contributed by atoms with E-state index in [0.717, 1.165) is 13.0 Å². The second-order valence-corrected chi connectivity index (χ2v) is 4.30. The summed E-state index contributed by atoms with van der Waals surface area (Å²) >= 11 is 0. The van der Waals surface area contributed by atoms with E-state index in [4.69, 9.17) is 29.6 Å². The fraction of sp³-hybridized carbons (Fsp3) is 0.429. The fourth-order valence-corrected chi connectivity index (χ4v) is 1.25. The number of carboxylic acids is 2. The van der Waals surface area contributed by atoms with Gasteiger partial charge < -0.3 is 25.4 Å². The van der Waals surface area contributed by atoms with Gasteiger partial charge in [0.15, 0.2) is 11.6 Å². The van der Waals surface area contributed by atoms with Crippen LogP contribution in [0.3, 0.4) is 0 Å². The van der Waals surface area contributed by atoms with E-state index in [1.54, 1.807) is 25.1 Å². The van der Waals surface area contributed by atoms with Crippen molar-refractivity contribution in [1.29, 1.82) is 0 Å². The highest BCUT2D eigenvalue weighted by atomic mass is 19.1. The molecule has 0 radical (unpaired) electrons. The summed E-state index contributed by atoms with van der Waals surface area (Å²) in [6.07, 6.45) is 0.439. The van der Waals surface area contributed by atoms with Gasteiger partial charge in [-0.05, 0) is 32.0 Å². The van der Waals surface area contributed by atoms with E-state index < -0.39 is 11.9 Å². The minimum atomic E-state index is -1.82. The lowest BCUT2D eigenvalue weighted by molar-refractivity contribution is -0.159. The Morgan fingerprint density at radius 2 is 1.86 bits per heavy atom. The van der Waals surface area contributed by atoms with Crippen molar-refractivity contribution in [3.05, 3.63) is 30.1 Å². The van der Waals surface area contributed by atoms with Crippen molar-refractivity contribution in [3.8, 4) is 5.75 Å². The number of aliphatic carboxylic acids is 2. The summed E-state index contributed by atoms with van der Waals surface area (Å²) in [6, 6.07) is 6.36. The van der Waals surface area contributed by atoms with Crippen LogP contribution in [0.15, 0.2) is 24.3 Å². The Morgan fingerprint density at radius 3 is 2.36 bits per heavy atom. The standard InChI is InChI=1S/C12H18FNO2.C2H2O4/c1-10(15)9-14-7-4-8-16-12-6-3-2-5-11(12)13;3-1(4)2(5)6/h2-3,5-6,10,14-15H,4,7-9H2,1H3;(H,3,4)(H,5,6). The molecule has 0 aliphatic heterocycles. The summed E-state index contributed by atoms with van der Waals surface area (Å²) in [5, 5.41) is 26.8. The van der Waals surface area contributed by atoms with Gasteiger partial charge in [-0.1, -0.05) is 12.1 Å². The van der Waals surface area contributed by atoms with E-state index in [2.05, 4.69) is 5.32 Å². The maximum Gasteiger partial charge on any atom is 0.414 e. The molecule has 0 spiro atoms. The quantitative estimate of drug-likeness (QED) is 0.432. The number of carbonyl (C=O) groups is 2. The van der Waals surface area contributed by atoms with Crippen molar-refractivity contribution in [1.82, 2.24) is 5.32 Å². The number of halogens is 1. The highest BCUT2D eigenvalue weighted by Gasteiger charge is 2.04. The van der Waals surface area contributed by atoms with E-state index in [0.29, 0.717) is 13.2 Å². The van der Waals surface area contributed by atoms with Crippen LogP contribution in [-0.2, 0) is 9.59 Å². The smallest absolute Gasteiger partial charge is 0.414 e. The number of aliphatic hydroxyl groups is 1. The van der Waals surface area contributed by atoms with Gasteiger partial charge in [-0.25, -0.2) is 14.0 Å². The summed E-state index contributed by atoms with van der Waals surface area (Å²) in [6.45, 7) is 3.51. The molecule has 124 valence electrons. The molecule has 22 heavy (non-hydrogen) atoms. The third kappa shape index (κ3) is 10.6. The Morgan fingerprint density at radius 1 is 1.27 bits per heavy atom. The van der Waals surface area contributed by atoms with E-state index in [-0.39, 0.29) is 17.7 Å². The molecular weight excluding hydrogens is 297 g/mol. The van der Waals surface area contributed by atoms with Gasteiger partial charge in [0.05, 0.1) is 12.7 Å².